The zero-order valence-electron chi connectivity index (χ0n) is 11.7. The lowest BCUT2D eigenvalue weighted by molar-refractivity contribution is 0.0950. The molecule has 2 nitrogen and oxygen atoms in total. The highest BCUT2D eigenvalue weighted by atomic mass is 19.1. The molecular formula is C17H18FNO. The zero-order valence-corrected chi connectivity index (χ0v) is 11.7. The molecule has 1 N–H and O–H groups in total. The maximum Gasteiger partial charge on any atom is 0.179 e. The summed E-state index contributed by atoms with van der Waals surface area (Å²) in [6, 6.07) is 13.7. The number of Topliss-reactive ketones (excluding diaryl/α,β-unsaturated/α-hetero) is 1. The summed E-state index contributed by atoms with van der Waals surface area (Å²) in [6.45, 7) is 4.11. The largest absolute Gasteiger partial charge is 0.303 e. The molecule has 1 unspecified atom stereocenters. The highest BCUT2D eigenvalue weighted by Gasteiger charge is 2.14. The van der Waals surface area contributed by atoms with Crippen molar-refractivity contribution in [3.05, 3.63) is 71.0 Å². The summed E-state index contributed by atoms with van der Waals surface area (Å²) in [4.78, 5) is 12.2. The summed E-state index contributed by atoms with van der Waals surface area (Å²) in [5.74, 6) is -0.240. The standard InChI is InChI=1S/C17H18FNO/c1-12-7-9-14(10-8-12)17(20)13(2)19-11-15-5-3-4-6-16(15)18/h3-10,13,19H,11H2,1-2H3. The van der Waals surface area contributed by atoms with Crippen molar-refractivity contribution in [2.45, 2.75) is 26.4 Å². The fourth-order valence-electron chi connectivity index (χ4n) is 1.97. The van der Waals surface area contributed by atoms with Gasteiger partial charge in [0.1, 0.15) is 5.82 Å². The van der Waals surface area contributed by atoms with E-state index in [1.807, 2.05) is 31.2 Å². The normalized spacial score (nSPS) is 12.2. The van der Waals surface area contributed by atoms with E-state index in [1.165, 1.54) is 6.07 Å². The lowest BCUT2D eigenvalue weighted by Crippen LogP contribution is -2.33. The Morgan fingerprint density at radius 1 is 1.15 bits per heavy atom. The number of rotatable bonds is 5. The van der Waals surface area contributed by atoms with E-state index >= 15 is 0 Å². The Morgan fingerprint density at radius 3 is 2.45 bits per heavy atom. The van der Waals surface area contributed by atoms with Crippen LogP contribution >= 0.6 is 0 Å². The van der Waals surface area contributed by atoms with Crippen LogP contribution in [0.4, 0.5) is 4.39 Å². The molecule has 3 heteroatoms. The number of hydrogen-bond donors (Lipinski definition) is 1. The molecule has 0 heterocycles. The van der Waals surface area contributed by atoms with Gasteiger partial charge in [0.2, 0.25) is 0 Å². The number of carbonyl (C=O) groups excluding carboxylic acids is 1. The fraction of sp³-hybridized carbons (Fsp3) is 0.235. The molecule has 0 aliphatic heterocycles. The Hall–Kier alpha value is -2.00. The first kappa shape index (κ1) is 14.4. The maximum atomic E-state index is 13.5. The van der Waals surface area contributed by atoms with Gasteiger partial charge < -0.3 is 5.32 Å². The van der Waals surface area contributed by atoms with Crippen LogP contribution in [0.1, 0.15) is 28.4 Å². The minimum absolute atomic E-state index is 0.0151. The first-order valence-corrected chi connectivity index (χ1v) is 6.65. The third-order valence-electron chi connectivity index (χ3n) is 3.29. The molecule has 0 aliphatic rings. The average Bonchev–Trinajstić information content (AvgIpc) is 2.46. The number of ketones is 1. The van der Waals surface area contributed by atoms with Crippen LogP contribution in [0, 0.1) is 12.7 Å². The van der Waals surface area contributed by atoms with Crippen LogP contribution in [0.3, 0.4) is 0 Å². The van der Waals surface area contributed by atoms with Crippen LogP contribution in [-0.4, -0.2) is 11.8 Å². The predicted octanol–water partition coefficient (Wildman–Crippen LogP) is 3.50. The zero-order chi connectivity index (χ0) is 14.5. The van der Waals surface area contributed by atoms with Gasteiger partial charge in [-0.2, -0.15) is 0 Å². The van der Waals surface area contributed by atoms with Crippen molar-refractivity contribution in [1.82, 2.24) is 5.32 Å². The topological polar surface area (TPSA) is 29.1 Å². The van der Waals surface area contributed by atoms with Crippen LogP contribution in [0.2, 0.25) is 0 Å². The van der Waals surface area contributed by atoms with Gasteiger partial charge in [0.15, 0.2) is 5.78 Å². The minimum Gasteiger partial charge on any atom is -0.303 e. The third kappa shape index (κ3) is 3.52. The Bertz CT molecular complexity index is 592. The van der Waals surface area contributed by atoms with Crippen molar-refractivity contribution < 1.29 is 9.18 Å². The second kappa shape index (κ2) is 6.44. The predicted molar refractivity (Wildman–Crippen MR) is 78.2 cm³/mol. The van der Waals surface area contributed by atoms with Crippen molar-refractivity contribution in [1.29, 1.82) is 0 Å². The number of benzene rings is 2. The first-order valence-electron chi connectivity index (χ1n) is 6.65. The van der Waals surface area contributed by atoms with Gasteiger partial charge in [-0.05, 0) is 19.9 Å². The lowest BCUT2D eigenvalue weighted by atomic mass is 10.0. The van der Waals surface area contributed by atoms with Crippen LogP contribution in [-0.2, 0) is 6.54 Å². The van der Waals surface area contributed by atoms with E-state index in [9.17, 15) is 9.18 Å². The molecule has 2 rings (SSSR count). The van der Waals surface area contributed by atoms with E-state index in [4.69, 9.17) is 0 Å². The molecule has 0 saturated carbocycles. The van der Waals surface area contributed by atoms with Gasteiger partial charge >= 0.3 is 0 Å². The second-order valence-electron chi connectivity index (χ2n) is 4.92. The lowest BCUT2D eigenvalue weighted by Gasteiger charge is -2.13. The molecule has 2 aromatic rings. The van der Waals surface area contributed by atoms with Gasteiger partial charge in [0.05, 0.1) is 6.04 Å². The van der Waals surface area contributed by atoms with Crippen LogP contribution in [0.15, 0.2) is 48.5 Å². The molecule has 0 aromatic heterocycles. The fourth-order valence-corrected chi connectivity index (χ4v) is 1.97. The van der Waals surface area contributed by atoms with Crippen molar-refractivity contribution in [2.75, 3.05) is 0 Å². The van der Waals surface area contributed by atoms with Crippen molar-refractivity contribution in [2.24, 2.45) is 0 Å². The number of halogens is 1. The number of nitrogens with one attached hydrogen (secondary N) is 1. The highest BCUT2D eigenvalue weighted by Crippen LogP contribution is 2.09. The van der Waals surface area contributed by atoms with Gasteiger partial charge in [0.25, 0.3) is 0 Å². The van der Waals surface area contributed by atoms with Gasteiger partial charge in [-0.3, -0.25) is 4.79 Å². The Labute approximate surface area is 118 Å². The van der Waals surface area contributed by atoms with E-state index in [2.05, 4.69) is 5.32 Å². The summed E-state index contributed by atoms with van der Waals surface area (Å²) < 4.78 is 13.5. The van der Waals surface area contributed by atoms with Crippen molar-refractivity contribution in [3.63, 3.8) is 0 Å². The third-order valence-corrected chi connectivity index (χ3v) is 3.29. The second-order valence-corrected chi connectivity index (χ2v) is 4.92. The number of carbonyl (C=O) groups is 1. The smallest absolute Gasteiger partial charge is 0.179 e. The van der Waals surface area contributed by atoms with Crippen molar-refractivity contribution >= 4 is 5.78 Å². The molecule has 104 valence electrons. The molecule has 1 atom stereocenters. The Morgan fingerprint density at radius 2 is 1.80 bits per heavy atom. The first-order chi connectivity index (χ1) is 9.58. The SMILES string of the molecule is Cc1ccc(C(=O)C(C)NCc2ccccc2F)cc1. The van der Waals surface area contributed by atoms with Gasteiger partial charge in [-0.15, -0.1) is 0 Å². The molecular weight excluding hydrogens is 253 g/mol. The highest BCUT2D eigenvalue weighted by molar-refractivity contribution is 5.99. The molecule has 0 amide bonds. The summed E-state index contributed by atoms with van der Waals surface area (Å²) in [7, 11) is 0. The molecule has 2 aromatic carbocycles. The van der Waals surface area contributed by atoms with Gasteiger partial charge in [0, 0.05) is 17.7 Å². The van der Waals surface area contributed by atoms with E-state index in [0.29, 0.717) is 17.7 Å². The average molecular weight is 271 g/mol. The van der Waals surface area contributed by atoms with E-state index in [1.54, 1.807) is 25.1 Å². The maximum absolute atomic E-state index is 13.5. The molecule has 0 spiro atoms. The quantitative estimate of drug-likeness (QED) is 0.843. The molecule has 20 heavy (non-hydrogen) atoms. The Kier molecular flexibility index (Phi) is 4.64. The van der Waals surface area contributed by atoms with Crippen LogP contribution in [0.5, 0.6) is 0 Å². The van der Waals surface area contributed by atoms with Crippen LogP contribution < -0.4 is 5.32 Å². The molecule has 0 radical (unpaired) electrons. The monoisotopic (exact) mass is 271 g/mol. The summed E-state index contributed by atoms with van der Waals surface area (Å²) in [5.41, 5.74) is 2.36. The summed E-state index contributed by atoms with van der Waals surface area (Å²) in [6.07, 6.45) is 0. The number of aryl methyl sites for hydroxylation is 1. The summed E-state index contributed by atoms with van der Waals surface area (Å²) in [5, 5.41) is 3.06. The van der Waals surface area contributed by atoms with E-state index in [0.717, 1.165) is 5.56 Å². The van der Waals surface area contributed by atoms with Gasteiger partial charge in [-0.25, -0.2) is 4.39 Å². The van der Waals surface area contributed by atoms with Gasteiger partial charge in [-0.1, -0.05) is 48.0 Å². The summed E-state index contributed by atoms with van der Waals surface area (Å²) >= 11 is 0. The van der Waals surface area contributed by atoms with Crippen molar-refractivity contribution in [3.8, 4) is 0 Å². The molecule has 0 fully saturated rings. The number of hydrogen-bond acceptors (Lipinski definition) is 2. The Balaban J connectivity index is 1.98. The molecule has 0 saturated heterocycles. The van der Waals surface area contributed by atoms with E-state index in [-0.39, 0.29) is 17.6 Å². The van der Waals surface area contributed by atoms with Crippen LogP contribution in [0.25, 0.3) is 0 Å². The minimum atomic E-state index is -0.350. The molecule has 0 bridgehead atoms. The molecule has 0 aliphatic carbocycles. The van der Waals surface area contributed by atoms with E-state index < -0.39 is 0 Å².